The van der Waals surface area contributed by atoms with Crippen molar-refractivity contribution in [2.45, 2.75) is 30.7 Å². The van der Waals surface area contributed by atoms with Gasteiger partial charge >= 0.3 is 11.8 Å². The summed E-state index contributed by atoms with van der Waals surface area (Å²) in [6, 6.07) is 12.6. The summed E-state index contributed by atoms with van der Waals surface area (Å²) >= 11 is 5.79. The Morgan fingerprint density at radius 2 is 1.72 bits per heavy atom. The van der Waals surface area contributed by atoms with Crippen LogP contribution in [0.3, 0.4) is 0 Å². The van der Waals surface area contributed by atoms with Gasteiger partial charge < -0.3 is 10.6 Å². The van der Waals surface area contributed by atoms with E-state index in [0.29, 0.717) is 30.1 Å². The number of benzene rings is 2. The number of nitrogens with zero attached hydrogens (tertiary/aromatic N) is 1. The van der Waals surface area contributed by atoms with Crippen LogP contribution in [0.25, 0.3) is 0 Å². The van der Waals surface area contributed by atoms with Gasteiger partial charge in [-0.05, 0) is 56.2 Å². The number of halogens is 1. The van der Waals surface area contributed by atoms with Gasteiger partial charge in [-0.2, -0.15) is 4.31 Å². The highest BCUT2D eigenvalue weighted by atomic mass is 35.5. The molecule has 0 unspecified atom stereocenters. The molecule has 2 aromatic rings. The van der Waals surface area contributed by atoms with Crippen molar-refractivity contribution in [1.82, 2.24) is 9.62 Å². The normalized spacial score (nSPS) is 17.1. The summed E-state index contributed by atoms with van der Waals surface area (Å²) < 4.78 is 27.3. The van der Waals surface area contributed by atoms with Crippen LogP contribution < -0.4 is 10.6 Å². The van der Waals surface area contributed by atoms with Gasteiger partial charge in [-0.3, -0.25) is 9.59 Å². The van der Waals surface area contributed by atoms with Gasteiger partial charge in [0.25, 0.3) is 0 Å². The monoisotopic (exact) mass is 435 g/mol. The molecular formula is C20H22ClN3O4S. The van der Waals surface area contributed by atoms with Crippen LogP contribution >= 0.6 is 11.6 Å². The van der Waals surface area contributed by atoms with E-state index in [1.807, 2.05) is 6.92 Å². The first-order valence-corrected chi connectivity index (χ1v) is 11.0. The molecule has 0 spiro atoms. The van der Waals surface area contributed by atoms with E-state index >= 15 is 0 Å². The maximum absolute atomic E-state index is 12.9. The molecule has 1 fully saturated rings. The maximum Gasteiger partial charge on any atom is 0.313 e. The molecular weight excluding hydrogens is 414 g/mol. The Morgan fingerprint density at radius 1 is 1.07 bits per heavy atom. The van der Waals surface area contributed by atoms with Crippen molar-refractivity contribution in [3.05, 3.63) is 59.1 Å². The molecule has 0 saturated carbocycles. The molecule has 0 aromatic heterocycles. The van der Waals surface area contributed by atoms with E-state index in [2.05, 4.69) is 10.6 Å². The van der Waals surface area contributed by atoms with Crippen molar-refractivity contribution in [3.8, 4) is 0 Å². The van der Waals surface area contributed by atoms with E-state index in [1.165, 1.54) is 4.31 Å². The van der Waals surface area contributed by atoms with Gasteiger partial charge in [0, 0.05) is 29.8 Å². The van der Waals surface area contributed by atoms with Crippen molar-refractivity contribution in [2.75, 3.05) is 18.4 Å². The number of sulfonamides is 1. The fraction of sp³-hybridized carbons (Fsp3) is 0.300. The highest BCUT2D eigenvalue weighted by molar-refractivity contribution is 7.89. The summed E-state index contributed by atoms with van der Waals surface area (Å²) in [5.74, 6) is -1.64. The molecule has 1 atom stereocenters. The van der Waals surface area contributed by atoms with Crippen LogP contribution in [-0.4, -0.2) is 43.7 Å². The predicted molar refractivity (Wildman–Crippen MR) is 111 cm³/mol. The molecule has 3 rings (SSSR count). The Labute approximate surface area is 175 Å². The molecule has 7 nitrogen and oxygen atoms in total. The summed E-state index contributed by atoms with van der Waals surface area (Å²) in [5, 5.41) is 5.53. The summed E-state index contributed by atoms with van der Waals surface area (Å²) in [4.78, 5) is 24.4. The van der Waals surface area contributed by atoms with Gasteiger partial charge in [0.15, 0.2) is 0 Å². The van der Waals surface area contributed by atoms with E-state index in [9.17, 15) is 18.0 Å². The predicted octanol–water partition coefficient (Wildman–Crippen LogP) is 2.56. The van der Waals surface area contributed by atoms with Crippen LogP contribution in [0.15, 0.2) is 53.4 Å². The van der Waals surface area contributed by atoms with Gasteiger partial charge in [0.1, 0.15) is 0 Å². The number of hydrogen-bond acceptors (Lipinski definition) is 4. The van der Waals surface area contributed by atoms with Crippen LogP contribution in [0, 0.1) is 6.92 Å². The number of carbonyl (C=O) groups is 2. The van der Waals surface area contributed by atoms with Crippen LogP contribution in [0.2, 0.25) is 5.02 Å². The Hall–Kier alpha value is -2.42. The second-order valence-electron chi connectivity index (χ2n) is 6.90. The molecule has 1 aliphatic heterocycles. The number of hydrogen-bond donors (Lipinski definition) is 2. The lowest BCUT2D eigenvalue weighted by atomic mass is 10.2. The third kappa shape index (κ3) is 5.14. The standard InChI is InChI=1S/C20H22ClN3O4S/c1-14-4-10-18(11-5-14)29(27,28)24-12-2-3-17(24)13-22-19(25)20(26)23-16-8-6-15(21)7-9-16/h4-11,17H,2-3,12-13H2,1H3,(H,22,25)(H,23,26)/t17-/m1/s1. The van der Waals surface area contributed by atoms with Gasteiger partial charge in [-0.1, -0.05) is 29.3 Å². The molecule has 0 radical (unpaired) electrons. The molecule has 154 valence electrons. The minimum atomic E-state index is -3.66. The van der Waals surface area contributed by atoms with E-state index < -0.39 is 27.9 Å². The number of anilines is 1. The number of nitrogens with one attached hydrogen (secondary N) is 2. The SMILES string of the molecule is Cc1ccc(S(=O)(=O)N2CCC[C@@H]2CNC(=O)C(=O)Nc2ccc(Cl)cc2)cc1. The van der Waals surface area contributed by atoms with Crippen molar-refractivity contribution < 1.29 is 18.0 Å². The van der Waals surface area contributed by atoms with Gasteiger partial charge in [0.2, 0.25) is 10.0 Å². The number of amides is 2. The summed E-state index contributed by atoms with van der Waals surface area (Å²) in [6.45, 7) is 2.34. The third-order valence-corrected chi connectivity index (χ3v) is 6.98. The van der Waals surface area contributed by atoms with E-state index in [4.69, 9.17) is 11.6 Å². The molecule has 1 heterocycles. The first-order chi connectivity index (χ1) is 13.8. The van der Waals surface area contributed by atoms with E-state index in [1.54, 1.807) is 48.5 Å². The molecule has 9 heteroatoms. The fourth-order valence-electron chi connectivity index (χ4n) is 3.19. The minimum absolute atomic E-state index is 0.0674. The molecule has 2 aromatic carbocycles. The van der Waals surface area contributed by atoms with Crippen molar-refractivity contribution in [1.29, 1.82) is 0 Å². The van der Waals surface area contributed by atoms with E-state index in [0.717, 1.165) is 5.56 Å². The number of aryl methyl sites for hydroxylation is 1. The summed E-state index contributed by atoms with van der Waals surface area (Å²) in [5.41, 5.74) is 1.42. The second-order valence-corrected chi connectivity index (χ2v) is 9.22. The van der Waals surface area contributed by atoms with E-state index in [-0.39, 0.29) is 11.4 Å². The number of rotatable bonds is 5. The lowest BCUT2D eigenvalue weighted by Crippen LogP contribution is -2.45. The third-order valence-electron chi connectivity index (χ3n) is 4.76. The fourth-order valence-corrected chi connectivity index (χ4v) is 5.01. The minimum Gasteiger partial charge on any atom is -0.346 e. The van der Waals surface area contributed by atoms with Gasteiger partial charge in [0.05, 0.1) is 4.90 Å². The number of carbonyl (C=O) groups excluding carboxylic acids is 2. The lowest BCUT2D eigenvalue weighted by molar-refractivity contribution is -0.136. The topological polar surface area (TPSA) is 95.6 Å². The average Bonchev–Trinajstić information content (AvgIpc) is 3.17. The van der Waals surface area contributed by atoms with Crippen molar-refractivity contribution in [3.63, 3.8) is 0 Å². The van der Waals surface area contributed by atoms with Gasteiger partial charge in [-0.15, -0.1) is 0 Å². The molecule has 1 aliphatic rings. The highest BCUT2D eigenvalue weighted by Gasteiger charge is 2.35. The van der Waals surface area contributed by atoms with Crippen LogP contribution in [0.1, 0.15) is 18.4 Å². The molecule has 29 heavy (non-hydrogen) atoms. The largest absolute Gasteiger partial charge is 0.346 e. The van der Waals surface area contributed by atoms with Crippen LogP contribution in [0.5, 0.6) is 0 Å². The Bertz CT molecular complexity index is 991. The molecule has 0 aliphatic carbocycles. The van der Waals surface area contributed by atoms with Crippen LogP contribution in [0.4, 0.5) is 5.69 Å². The summed E-state index contributed by atoms with van der Waals surface area (Å²) in [6.07, 6.45) is 1.31. The zero-order valence-electron chi connectivity index (χ0n) is 15.9. The Balaban J connectivity index is 1.60. The van der Waals surface area contributed by atoms with Crippen molar-refractivity contribution in [2.24, 2.45) is 0 Å². The lowest BCUT2D eigenvalue weighted by Gasteiger charge is -2.24. The van der Waals surface area contributed by atoms with Gasteiger partial charge in [-0.25, -0.2) is 8.42 Å². The maximum atomic E-state index is 12.9. The Kier molecular flexibility index (Phi) is 6.56. The zero-order chi connectivity index (χ0) is 21.0. The molecule has 0 bridgehead atoms. The Morgan fingerprint density at radius 3 is 2.38 bits per heavy atom. The highest BCUT2D eigenvalue weighted by Crippen LogP contribution is 2.26. The molecule has 2 N–H and O–H groups in total. The van der Waals surface area contributed by atoms with Crippen LogP contribution in [-0.2, 0) is 19.6 Å². The molecule has 1 saturated heterocycles. The second kappa shape index (κ2) is 8.94. The first-order valence-electron chi connectivity index (χ1n) is 9.20. The summed E-state index contributed by atoms with van der Waals surface area (Å²) in [7, 11) is -3.66. The molecule has 2 amide bonds. The average molecular weight is 436 g/mol. The zero-order valence-corrected chi connectivity index (χ0v) is 17.5. The smallest absolute Gasteiger partial charge is 0.313 e. The van der Waals surface area contributed by atoms with Crippen molar-refractivity contribution >= 4 is 39.1 Å². The quantitative estimate of drug-likeness (QED) is 0.705. The first kappa shape index (κ1) is 21.3.